The van der Waals surface area contributed by atoms with Crippen LogP contribution in [0, 0.1) is 0 Å². The number of pyridine rings is 1. The lowest BCUT2D eigenvalue weighted by Crippen LogP contribution is -2.24. The van der Waals surface area contributed by atoms with Gasteiger partial charge in [-0.15, -0.1) is 0 Å². The van der Waals surface area contributed by atoms with E-state index >= 15 is 0 Å². The lowest BCUT2D eigenvalue weighted by Gasteiger charge is -2.13. The number of benzene rings is 1. The number of carbonyl (C=O) groups is 2. The summed E-state index contributed by atoms with van der Waals surface area (Å²) in [5.41, 5.74) is 4.34. The average molecular weight is 351 g/mol. The molecule has 1 aromatic carbocycles. The maximum absolute atomic E-state index is 12.2. The normalized spacial score (nSPS) is 13.7. The summed E-state index contributed by atoms with van der Waals surface area (Å²) in [6.45, 7) is 0. The van der Waals surface area contributed by atoms with E-state index in [1.165, 1.54) is 0 Å². The number of aromatic hydroxyl groups is 1. The number of hydrogen-bond acceptors (Lipinski definition) is 7. The zero-order valence-corrected chi connectivity index (χ0v) is 12.5. The van der Waals surface area contributed by atoms with Crippen molar-refractivity contribution in [3.63, 3.8) is 0 Å². The molecule has 124 valence electrons. The molecule has 11 heteroatoms. The number of anilines is 1. The first-order valence-electron chi connectivity index (χ1n) is 6.33. The van der Waals surface area contributed by atoms with Gasteiger partial charge in [-0.05, 0) is 12.1 Å². The molecule has 0 saturated heterocycles. The Morgan fingerprint density at radius 2 is 1.75 bits per heavy atom. The number of imide groups is 1. The molecular weight excluding hydrogens is 342 g/mol. The number of fused-ring (bicyclic) bond motifs is 1. The van der Waals surface area contributed by atoms with Crippen LogP contribution >= 0.6 is 0 Å². The summed E-state index contributed by atoms with van der Waals surface area (Å²) in [7, 11) is -4.56. The summed E-state index contributed by atoms with van der Waals surface area (Å²) >= 11 is 0. The lowest BCUT2D eigenvalue weighted by atomic mass is 10.1. The molecule has 10 nitrogen and oxygen atoms in total. The average Bonchev–Trinajstić information content (AvgIpc) is 2.74. The Balaban J connectivity index is 2.29. The zero-order valence-electron chi connectivity index (χ0n) is 11.7. The van der Waals surface area contributed by atoms with Crippen molar-refractivity contribution in [3.8, 4) is 11.4 Å². The maximum Gasteiger partial charge on any atom is 0.294 e. The van der Waals surface area contributed by atoms with Gasteiger partial charge in [0.05, 0.1) is 21.7 Å². The Hall–Kier alpha value is -3.18. The molecule has 0 bridgehead atoms. The number of nitrogens with two attached hydrogens (primary N) is 1. The number of nitrogen functional groups attached to an aromatic ring is 1. The molecule has 0 atom stereocenters. The molecule has 0 fully saturated rings. The molecule has 1 aliphatic heterocycles. The lowest BCUT2D eigenvalue weighted by molar-refractivity contribution is 0.0880. The highest BCUT2D eigenvalue weighted by Crippen LogP contribution is 2.29. The number of hydrogen-bond donors (Lipinski definition) is 4. The second-order valence-electron chi connectivity index (χ2n) is 4.90. The van der Waals surface area contributed by atoms with E-state index in [0.717, 1.165) is 28.8 Å². The molecule has 0 radical (unpaired) electrons. The zero-order chi connectivity index (χ0) is 17.8. The minimum atomic E-state index is -4.56. The van der Waals surface area contributed by atoms with Gasteiger partial charge < -0.3 is 10.8 Å². The van der Waals surface area contributed by atoms with Crippen molar-refractivity contribution in [2.24, 2.45) is 0 Å². The number of phenolic OH excluding ortho intramolecular Hbond substituents is 1. The molecule has 5 N–H and O–H groups in total. The van der Waals surface area contributed by atoms with Crippen LogP contribution in [0.3, 0.4) is 0 Å². The molecule has 24 heavy (non-hydrogen) atoms. The summed E-state index contributed by atoms with van der Waals surface area (Å²) in [4.78, 5) is 34.9. The predicted octanol–water partition coefficient (Wildman–Crippen LogP) is -0.744. The van der Waals surface area contributed by atoms with E-state index in [4.69, 9.17) is 10.3 Å². The Morgan fingerprint density at radius 3 is 2.33 bits per heavy atom. The highest BCUT2D eigenvalue weighted by molar-refractivity contribution is 7.85. The molecule has 3 rings (SSSR count). The van der Waals surface area contributed by atoms with Gasteiger partial charge in [0, 0.05) is 12.1 Å². The fourth-order valence-electron chi connectivity index (χ4n) is 2.38. The van der Waals surface area contributed by atoms with Crippen LogP contribution in [0.1, 0.15) is 20.7 Å². The van der Waals surface area contributed by atoms with Crippen LogP contribution in [0.15, 0.2) is 34.0 Å². The molecule has 0 aliphatic carbocycles. The number of rotatable bonds is 2. The number of phenols is 1. The first-order valence-corrected chi connectivity index (χ1v) is 7.77. The molecule has 1 aromatic heterocycles. The van der Waals surface area contributed by atoms with Gasteiger partial charge in [0.1, 0.15) is 11.6 Å². The molecule has 0 unspecified atom stereocenters. The second-order valence-corrected chi connectivity index (χ2v) is 6.32. The van der Waals surface area contributed by atoms with E-state index < -0.39 is 44.0 Å². The van der Waals surface area contributed by atoms with Crippen LogP contribution in [0.2, 0.25) is 0 Å². The SMILES string of the molecule is Nc1c2c(cc(=O)n1-c1ccc(S(=O)(=O)O)cc1O)C(=O)NC2=O. The van der Waals surface area contributed by atoms with Crippen LogP contribution in [0.5, 0.6) is 5.75 Å². The van der Waals surface area contributed by atoms with Gasteiger partial charge in [-0.3, -0.25) is 28.8 Å². The quantitative estimate of drug-likeness (QED) is 0.405. The highest BCUT2D eigenvalue weighted by Gasteiger charge is 2.32. The van der Waals surface area contributed by atoms with Gasteiger partial charge in [-0.1, -0.05) is 0 Å². The Bertz CT molecular complexity index is 1090. The molecule has 2 amide bonds. The molecule has 0 spiro atoms. The Labute approximate surface area is 133 Å². The Morgan fingerprint density at radius 1 is 1.08 bits per heavy atom. The van der Waals surface area contributed by atoms with E-state index in [-0.39, 0.29) is 16.8 Å². The van der Waals surface area contributed by atoms with E-state index in [9.17, 15) is 27.9 Å². The summed E-state index contributed by atoms with van der Waals surface area (Å²) < 4.78 is 31.8. The molecular formula is C13H9N3O7S. The predicted molar refractivity (Wildman–Crippen MR) is 79.7 cm³/mol. The van der Waals surface area contributed by atoms with Crippen LogP contribution in [-0.2, 0) is 10.1 Å². The molecule has 0 saturated carbocycles. The van der Waals surface area contributed by atoms with Crippen LogP contribution < -0.4 is 16.6 Å². The van der Waals surface area contributed by atoms with Crippen molar-refractivity contribution in [1.82, 2.24) is 9.88 Å². The number of nitrogens with zero attached hydrogens (tertiary/aromatic N) is 1. The van der Waals surface area contributed by atoms with Crippen molar-refractivity contribution >= 4 is 27.8 Å². The first-order chi connectivity index (χ1) is 11.1. The van der Waals surface area contributed by atoms with Crippen molar-refractivity contribution in [3.05, 3.63) is 45.7 Å². The van der Waals surface area contributed by atoms with E-state index in [2.05, 4.69) is 0 Å². The molecule has 1 aliphatic rings. The van der Waals surface area contributed by atoms with E-state index in [1.807, 2.05) is 5.32 Å². The minimum absolute atomic E-state index is 0.187. The van der Waals surface area contributed by atoms with E-state index in [1.54, 1.807) is 0 Å². The summed E-state index contributed by atoms with van der Waals surface area (Å²) in [5, 5.41) is 12.0. The number of aromatic nitrogens is 1. The summed E-state index contributed by atoms with van der Waals surface area (Å²) in [6.07, 6.45) is 0. The smallest absolute Gasteiger partial charge is 0.294 e. The third kappa shape index (κ3) is 2.23. The number of amides is 2. The molecule has 2 heterocycles. The maximum atomic E-state index is 12.2. The number of nitrogens with one attached hydrogen (secondary N) is 1. The van der Waals surface area contributed by atoms with Crippen molar-refractivity contribution in [1.29, 1.82) is 0 Å². The van der Waals surface area contributed by atoms with Crippen LogP contribution in [0.25, 0.3) is 5.69 Å². The summed E-state index contributed by atoms with van der Waals surface area (Å²) in [6, 6.07) is 3.56. The third-order valence-corrected chi connectivity index (χ3v) is 4.29. The standard InChI is InChI=1S/C13H9N3O7S/c14-11-10-6(12(19)15-13(10)20)4-9(18)16(11)7-2-1-5(3-8(7)17)24(21,22)23/h1-4,17H,14H2,(H,15,19,20)(H,21,22,23). The van der Waals surface area contributed by atoms with Crippen LogP contribution in [0.4, 0.5) is 5.82 Å². The number of carbonyl (C=O) groups excluding carboxylic acids is 2. The van der Waals surface area contributed by atoms with Gasteiger partial charge in [-0.25, -0.2) is 0 Å². The fourth-order valence-corrected chi connectivity index (χ4v) is 2.88. The van der Waals surface area contributed by atoms with Crippen molar-refractivity contribution in [2.75, 3.05) is 5.73 Å². The third-order valence-electron chi connectivity index (χ3n) is 3.44. The largest absolute Gasteiger partial charge is 0.506 e. The van der Waals surface area contributed by atoms with Crippen LogP contribution in [-0.4, -0.2) is 34.5 Å². The van der Waals surface area contributed by atoms with Crippen molar-refractivity contribution < 1.29 is 27.7 Å². The Kier molecular flexibility index (Phi) is 3.21. The van der Waals surface area contributed by atoms with Gasteiger partial charge in [-0.2, -0.15) is 8.42 Å². The van der Waals surface area contributed by atoms with Gasteiger partial charge in [0.2, 0.25) is 0 Å². The fraction of sp³-hybridized carbons (Fsp3) is 0. The van der Waals surface area contributed by atoms with Gasteiger partial charge in [0.15, 0.2) is 0 Å². The van der Waals surface area contributed by atoms with E-state index in [0.29, 0.717) is 0 Å². The van der Waals surface area contributed by atoms with Gasteiger partial charge >= 0.3 is 0 Å². The van der Waals surface area contributed by atoms with Gasteiger partial charge in [0.25, 0.3) is 27.5 Å². The topological polar surface area (TPSA) is 169 Å². The summed E-state index contributed by atoms with van der Waals surface area (Å²) in [5.74, 6) is -2.63. The van der Waals surface area contributed by atoms with Crippen molar-refractivity contribution in [2.45, 2.75) is 4.90 Å². The molecule has 2 aromatic rings. The second kappa shape index (κ2) is 4.91. The monoisotopic (exact) mass is 351 g/mol. The minimum Gasteiger partial charge on any atom is -0.506 e. The first kappa shape index (κ1) is 15.7. The highest BCUT2D eigenvalue weighted by atomic mass is 32.2.